The second-order valence-electron chi connectivity index (χ2n) is 6.47. The molecule has 1 unspecified atom stereocenters. The van der Waals surface area contributed by atoms with Gasteiger partial charge in [-0.05, 0) is 17.0 Å². The summed E-state index contributed by atoms with van der Waals surface area (Å²) < 4.78 is 23.7. The highest BCUT2D eigenvalue weighted by Crippen LogP contribution is 2.17. The molecule has 27 heavy (non-hydrogen) atoms. The van der Waals surface area contributed by atoms with Crippen LogP contribution in [0, 0.1) is 0 Å². The SMILES string of the molecule is CC(C)c1ccc(C(N)CNC(=O)CCn2cc(S(N)(=O)=O)cn2)cc1.Cl. The number of aryl methyl sites for hydroxylation is 1. The second kappa shape index (κ2) is 9.84. The van der Waals surface area contributed by atoms with Crippen LogP contribution in [0.3, 0.4) is 0 Å². The number of sulfonamides is 1. The van der Waals surface area contributed by atoms with E-state index in [-0.39, 0.29) is 42.2 Å². The number of hydrogen-bond acceptors (Lipinski definition) is 5. The van der Waals surface area contributed by atoms with E-state index in [1.807, 2.05) is 24.3 Å². The zero-order valence-corrected chi connectivity index (χ0v) is 17.0. The Kier molecular flexibility index (Phi) is 8.42. The van der Waals surface area contributed by atoms with Crippen LogP contribution >= 0.6 is 12.4 Å². The van der Waals surface area contributed by atoms with E-state index in [9.17, 15) is 13.2 Å². The third kappa shape index (κ3) is 6.94. The predicted molar refractivity (Wildman–Crippen MR) is 106 cm³/mol. The lowest BCUT2D eigenvalue weighted by atomic mass is 9.99. The van der Waals surface area contributed by atoms with Crippen molar-refractivity contribution < 1.29 is 13.2 Å². The number of amides is 1. The highest BCUT2D eigenvalue weighted by atomic mass is 35.5. The Bertz CT molecular complexity index is 850. The van der Waals surface area contributed by atoms with Gasteiger partial charge in [0, 0.05) is 31.7 Å². The van der Waals surface area contributed by atoms with Crippen LogP contribution < -0.4 is 16.2 Å². The van der Waals surface area contributed by atoms with Gasteiger partial charge >= 0.3 is 0 Å². The zero-order valence-electron chi connectivity index (χ0n) is 15.3. The number of aromatic nitrogens is 2. The first kappa shape index (κ1) is 23.1. The Hall–Kier alpha value is -1.94. The minimum atomic E-state index is -3.78. The van der Waals surface area contributed by atoms with Crippen LogP contribution in [0.5, 0.6) is 0 Å². The molecule has 10 heteroatoms. The van der Waals surface area contributed by atoms with E-state index in [4.69, 9.17) is 10.9 Å². The van der Waals surface area contributed by atoms with Crippen LogP contribution in [-0.4, -0.2) is 30.7 Å². The summed E-state index contributed by atoms with van der Waals surface area (Å²) in [6.07, 6.45) is 2.61. The molecule has 2 rings (SSSR count). The number of rotatable bonds is 8. The molecule has 1 atom stereocenters. The number of benzene rings is 1. The van der Waals surface area contributed by atoms with Crippen molar-refractivity contribution in [1.29, 1.82) is 0 Å². The number of primary sulfonamides is 1. The Morgan fingerprint density at radius 3 is 2.33 bits per heavy atom. The van der Waals surface area contributed by atoms with Crippen molar-refractivity contribution in [2.45, 2.75) is 43.7 Å². The Morgan fingerprint density at radius 1 is 1.22 bits per heavy atom. The van der Waals surface area contributed by atoms with E-state index >= 15 is 0 Å². The van der Waals surface area contributed by atoms with Gasteiger partial charge in [-0.2, -0.15) is 5.10 Å². The molecule has 0 radical (unpaired) electrons. The molecule has 1 amide bonds. The van der Waals surface area contributed by atoms with Crippen molar-refractivity contribution in [1.82, 2.24) is 15.1 Å². The third-order valence-corrected chi connectivity index (χ3v) is 4.92. The lowest BCUT2D eigenvalue weighted by Gasteiger charge is -2.14. The van der Waals surface area contributed by atoms with Gasteiger partial charge in [0.1, 0.15) is 4.90 Å². The maximum Gasteiger partial charge on any atom is 0.241 e. The largest absolute Gasteiger partial charge is 0.354 e. The molecule has 150 valence electrons. The van der Waals surface area contributed by atoms with Gasteiger partial charge in [0.2, 0.25) is 15.9 Å². The number of nitrogens with one attached hydrogen (secondary N) is 1. The van der Waals surface area contributed by atoms with Crippen molar-refractivity contribution in [2.75, 3.05) is 6.54 Å². The average molecular weight is 416 g/mol. The van der Waals surface area contributed by atoms with Gasteiger partial charge in [0.05, 0.1) is 6.20 Å². The van der Waals surface area contributed by atoms with Crippen LogP contribution in [0.15, 0.2) is 41.6 Å². The fourth-order valence-corrected chi connectivity index (χ4v) is 2.85. The first-order chi connectivity index (χ1) is 12.2. The molecule has 1 heterocycles. The molecule has 0 saturated carbocycles. The summed E-state index contributed by atoms with van der Waals surface area (Å²) in [5, 5.41) is 11.7. The van der Waals surface area contributed by atoms with Gasteiger partial charge in [-0.25, -0.2) is 13.6 Å². The van der Waals surface area contributed by atoms with Gasteiger partial charge < -0.3 is 11.1 Å². The third-order valence-electron chi connectivity index (χ3n) is 4.06. The van der Waals surface area contributed by atoms with Gasteiger partial charge in [0.25, 0.3) is 0 Å². The van der Waals surface area contributed by atoms with Crippen molar-refractivity contribution in [3.8, 4) is 0 Å². The predicted octanol–water partition coefficient (Wildman–Crippen LogP) is 1.28. The number of halogens is 1. The Labute approximate surface area is 165 Å². The lowest BCUT2D eigenvalue weighted by Crippen LogP contribution is -2.32. The molecule has 8 nitrogen and oxygen atoms in total. The van der Waals surface area contributed by atoms with E-state index in [1.54, 1.807) is 0 Å². The van der Waals surface area contributed by atoms with Crippen molar-refractivity contribution in [2.24, 2.45) is 10.9 Å². The molecule has 0 aliphatic rings. The fraction of sp³-hybridized carbons (Fsp3) is 0.412. The average Bonchev–Trinajstić information content (AvgIpc) is 3.07. The minimum Gasteiger partial charge on any atom is -0.354 e. The maximum atomic E-state index is 11.9. The van der Waals surface area contributed by atoms with Crippen LogP contribution in [0.4, 0.5) is 0 Å². The molecule has 0 aliphatic heterocycles. The van der Waals surface area contributed by atoms with E-state index in [1.165, 1.54) is 16.4 Å². The summed E-state index contributed by atoms with van der Waals surface area (Å²) in [6, 6.07) is 7.75. The summed E-state index contributed by atoms with van der Waals surface area (Å²) in [5.74, 6) is 0.268. The molecule has 5 N–H and O–H groups in total. The summed E-state index contributed by atoms with van der Waals surface area (Å²) >= 11 is 0. The number of carbonyl (C=O) groups excluding carboxylic acids is 1. The normalized spacial score (nSPS) is 12.5. The highest BCUT2D eigenvalue weighted by molar-refractivity contribution is 7.89. The van der Waals surface area contributed by atoms with Crippen molar-refractivity contribution in [3.63, 3.8) is 0 Å². The van der Waals surface area contributed by atoms with Crippen LogP contribution in [0.25, 0.3) is 0 Å². The second-order valence-corrected chi connectivity index (χ2v) is 8.03. The number of nitrogens with two attached hydrogens (primary N) is 2. The van der Waals surface area contributed by atoms with E-state index in [2.05, 4.69) is 24.3 Å². The Morgan fingerprint density at radius 2 is 1.81 bits per heavy atom. The number of hydrogen-bond donors (Lipinski definition) is 3. The van der Waals surface area contributed by atoms with E-state index in [0.717, 1.165) is 11.8 Å². The topological polar surface area (TPSA) is 133 Å². The standard InChI is InChI=1S/C17H25N5O3S.ClH/c1-12(2)13-3-5-14(6-4-13)16(18)10-20-17(23)7-8-22-11-15(9-21-22)26(19,24)25;/h3-6,9,11-12,16H,7-8,10,18H2,1-2H3,(H,20,23)(H2,19,24,25);1H. The van der Waals surface area contributed by atoms with Crippen LogP contribution in [0.1, 0.15) is 43.4 Å². The van der Waals surface area contributed by atoms with Crippen LogP contribution in [0.2, 0.25) is 0 Å². The zero-order chi connectivity index (χ0) is 19.3. The molecule has 0 saturated heterocycles. The molecule has 2 aromatic rings. The van der Waals surface area contributed by atoms with E-state index < -0.39 is 10.0 Å². The summed E-state index contributed by atoms with van der Waals surface area (Å²) in [4.78, 5) is 11.9. The van der Waals surface area contributed by atoms with Crippen molar-refractivity contribution >= 4 is 28.3 Å². The fourth-order valence-electron chi connectivity index (χ4n) is 2.39. The summed E-state index contributed by atoms with van der Waals surface area (Å²) in [6.45, 7) is 4.82. The first-order valence-corrected chi connectivity index (χ1v) is 9.89. The van der Waals surface area contributed by atoms with Gasteiger partial charge in [-0.15, -0.1) is 12.4 Å². The smallest absolute Gasteiger partial charge is 0.241 e. The van der Waals surface area contributed by atoms with Gasteiger partial charge in [-0.3, -0.25) is 9.48 Å². The van der Waals surface area contributed by atoms with Gasteiger partial charge in [0.15, 0.2) is 0 Å². The minimum absolute atomic E-state index is 0. The molecular formula is C17H26ClN5O3S. The molecule has 0 fully saturated rings. The highest BCUT2D eigenvalue weighted by Gasteiger charge is 2.12. The monoisotopic (exact) mass is 415 g/mol. The number of nitrogens with zero attached hydrogens (tertiary/aromatic N) is 2. The quantitative estimate of drug-likeness (QED) is 0.597. The van der Waals surface area contributed by atoms with Gasteiger partial charge in [-0.1, -0.05) is 38.1 Å². The molecular weight excluding hydrogens is 390 g/mol. The molecule has 0 spiro atoms. The number of carbonyl (C=O) groups is 1. The molecule has 1 aromatic carbocycles. The maximum absolute atomic E-state index is 11.9. The molecule has 0 aliphatic carbocycles. The summed E-state index contributed by atoms with van der Waals surface area (Å²) in [5.41, 5.74) is 8.31. The molecule has 0 bridgehead atoms. The molecule has 1 aromatic heterocycles. The van der Waals surface area contributed by atoms with Crippen LogP contribution in [-0.2, 0) is 21.4 Å². The lowest BCUT2D eigenvalue weighted by molar-refractivity contribution is -0.121. The Balaban J connectivity index is 0.00000364. The summed E-state index contributed by atoms with van der Waals surface area (Å²) in [7, 11) is -3.78. The first-order valence-electron chi connectivity index (χ1n) is 8.34. The van der Waals surface area contributed by atoms with Crippen molar-refractivity contribution in [3.05, 3.63) is 47.8 Å². The van der Waals surface area contributed by atoms with E-state index in [0.29, 0.717) is 12.5 Å².